The van der Waals surface area contributed by atoms with Crippen molar-refractivity contribution < 1.29 is 28.7 Å². The van der Waals surface area contributed by atoms with E-state index >= 15 is 0 Å². The molecule has 2 aromatic heterocycles. The topological polar surface area (TPSA) is 162 Å². The van der Waals surface area contributed by atoms with Crippen LogP contribution in [0.1, 0.15) is 84.8 Å². The normalized spacial score (nSPS) is 19.0. The number of fused-ring (bicyclic) bond motifs is 1. The molecule has 14 nitrogen and oxygen atoms in total. The number of hydrogen-bond donors (Lipinski definition) is 2. The number of ether oxygens (including phenoxy) is 2. The summed E-state index contributed by atoms with van der Waals surface area (Å²) in [6.45, 7) is 8.31. The molecule has 15 heteroatoms. The van der Waals surface area contributed by atoms with Crippen LogP contribution in [0.4, 0.5) is 10.5 Å². The molecule has 2 aliphatic heterocycles. The van der Waals surface area contributed by atoms with Crippen molar-refractivity contribution in [3.8, 4) is 17.6 Å². The Kier molecular flexibility index (Phi) is 12.3. The molecular formula is C42H47ClN8O6. The number of halogens is 1. The highest BCUT2D eigenvalue weighted by molar-refractivity contribution is 6.31. The smallest absolute Gasteiger partial charge is 0.328 e. The van der Waals surface area contributed by atoms with Gasteiger partial charge in [-0.3, -0.25) is 29.5 Å². The Labute approximate surface area is 336 Å². The first-order valence-electron chi connectivity index (χ1n) is 19.6. The maximum Gasteiger partial charge on any atom is 0.328 e. The van der Waals surface area contributed by atoms with Crippen molar-refractivity contribution in [1.82, 2.24) is 30.0 Å². The summed E-state index contributed by atoms with van der Waals surface area (Å²) in [5, 5.41) is 15.8. The van der Waals surface area contributed by atoms with Gasteiger partial charge in [0, 0.05) is 81.0 Å². The fourth-order valence-electron chi connectivity index (χ4n) is 7.71. The van der Waals surface area contributed by atoms with Crippen molar-refractivity contribution in [2.75, 3.05) is 50.8 Å². The number of pyridine rings is 1. The van der Waals surface area contributed by atoms with Gasteiger partial charge >= 0.3 is 6.03 Å². The lowest BCUT2D eigenvalue weighted by atomic mass is 9.92. The van der Waals surface area contributed by atoms with Gasteiger partial charge in [-0.2, -0.15) is 5.26 Å². The Morgan fingerprint density at radius 3 is 2.46 bits per heavy atom. The van der Waals surface area contributed by atoms with E-state index in [1.807, 2.05) is 29.3 Å². The van der Waals surface area contributed by atoms with Crippen LogP contribution in [0.25, 0.3) is 10.9 Å². The molecule has 0 spiro atoms. The third-order valence-electron chi connectivity index (χ3n) is 10.9. The third-order valence-corrected chi connectivity index (χ3v) is 11.2. The third kappa shape index (κ3) is 9.32. The number of benzene rings is 2. The quantitative estimate of drug-likeness (QED) is 0.166. The second-order valence-electron chi connectivity index (χ2n) is 15.0. The average Bonchev–Trinajstić information content (AvgIpc) is 3.65. The molecular weight excluding hydrogens is 748 g/mol. The highest BCUT2D eigenvalue weighted by Crippen LogP contribution is 2.33. The van der Waals surface area contributed by atoms with Crippen LogP contribution in [0.3, 0.4) is 0 Å². The summed E-state index contributed by atoms with van der Waals surface area (Å²) < 4.78 is 14.1. The van der Waals surface area contributed by atoms with E-state index in [4.69, 9.17) is 26.3 Å². The summed E-state index contributed by atoms with van der Waals surface area (Å²) in [6.07, 6.45) is 7.68. The minimum Gasteiger partial charge on any atom is -0.492 e. The fraction of sp³-hybridized carbons (Fsp3) is 0.429. The lowest BCUT2D eigenvalue weighted by Gasteiger charge is -2.35. The molecule has 2 aromatic carbocycles. The predicted octanol–water partition coefficient (Wildman–Crippen LogP) is 5.94. The molecule has 7 rings (SSSR count). The van der Waals surface area contributed by atoms with Crippen molar-refractivity contribution in [1.29, 1.82) is 5.26 Å². The highest BCUT2D eigenvalue weighted by Gasteiger charge is 2.29. The van der Waals surface area contributed by atoms with Crippen LogP contribution < -0.4 is 25.0 Å². The maximum absolute atomic E-state index is 13.9. The summed E-state index contributed by atoms with van der Waals surface area (Å²) >= 11 is 6.14. The zero-order valence-corrected chi connectivity index (χ0v) is 33.0. The standard InChI is InChI=1S/C42H47ClN8O6/c1-27(2)50-15-12-34-37(50)22-29(23-38(34)51-16-13-39(52)47-42(51)55)41(54)49-19-17-48(18-20-49)14-3-21-56-33-10-11-36(45-26-33)40(53)46-30-5-8-31(9-6-30)57-32-7-4-28(25-44)35(43)24-32/h4,7,10-12,15,22-24,26-27,30-31H,3,5-6,8-9,13-14,16-21H2,1-2H3,(H,46,53)(H,47,52,55). The highest BCUT2D eigenvalue weighted by atomic mass is 35.5. The van der Waals surface area contributed by atoms with Gasteiger partial charge in [-0.1, -0.05) is 11.6 Å². The molecule has 2 saturated heterocycles. The van der Waals surface area contributed by atoms with Crippen molar-refractivity contribution in [2.24, 2.45) is 0 Å². The first-order chi connectivity index (χ1) is 27.6. The first kappa shape index (κ1) is 39.6. The van der Waals surface area contributed by atoms with Crippen molar-refractivity contribution in [2.45, 2.75) is 70.6 Å². The number of nitrogens with one attached hydrogen (secondary N) is 2. The number of aromatic nitrogens is 2. The SMILES string of the molecule is CC(C)n1ccc2c(N3CCC(=O)NC3=O)cc(C(=O)N3CCN(CCCOc4ccc(C(=O)NC5CCC(Oc6ccc(C#N)c(Cl)c6)CC5)nc4)CC3)cc21. The number of anilines is 1. The van der Waals surface area contributed by atoms with E-state index in [2.05, 4.69) is 38.9 Å². The molecule has 4 heterocycles. The van der Waals surface area contributed by atoms with Gasteiger partial charge in [0.1, 0.15) is 23.3 Å². The van der Waals surface area contributed by atoms with Gasteiger partial charge < -0.3 is 24.3 Å². The summed E-state index contributed by atoms with van der Waals surface area (Å²) in [5.74, 6) is 0.622. The van der Waals surface area contributed by atoms with Gasteiger partial charge in [0.2, 0.25) is 5.91 Å². The van der Waals surface area contributed by atoms with Gasteiger partial charge in [0.25, 0.3) is 11.8 Å². The number of amides is 5. The molecule has 0 unspecified atom stereocenters. The number of urea groups is 1. The van der Waals surface area contributed by atoms with Gasteiger partial charge in [-0.05, 0) is 88.4 Å². The van der Waals surface area contributed by atoms with E-state index in [-0.39, 0.29) is 48.9 Å². The van der Waals surface area contributed by atoms with Gasteiger partial charge in [0.05, 0.1) is 40.7 Å². The van der Waals surface area contributed by atoms with E-state index in [1.165, 1.54) is 0 Å². The molecule has 1 aliphatic carbocycles. The van der Waals surface area contributed by atoms with E-state index in [0.29, 0.717) is 58.7 Å². The minimum absolute atomic E-state index is 0.0165. The van der Waals surface area contributed by atoms with Crippen molar-refractivity contribution in [3.63, 3.8) is 0 Å². The molecule has 3 aliphatic rings. The number of nitriles is 1. The second kappa shape index (κ2) is 17.7. The molecule has 57 heavy (non-hydrogen) atoms. The van der Waals surface area contributed by atoms with Crippen LogP contribution in [0.15, 0.2) is 60.9 Å². The Hall–Kier alpha value is -5.65. The van der Waals surface area contributed by atoms with Gasteiger partial charge in [0.15, 0.2) is 0 Å². The number of carbonyl (C=O) groups excluding carboxylic acids is 4. The lowest BCUT2D eigenvalue weighted by Crippen LogP contribution is -2.50. The molecule has 4 aromatic rings. The summed E-state index contributed by atoms with van der Waals surface area (Å²) in [7, 11) is 0. The fourth-order valence-corrected chi connectivity index (χ4v) is 7.92. The number of imide groups is 1. The molecule has 0 radical (unpaired) electrons. The van der Waals surface area contributed by atoms with Gasteiger partial charge in [-0.15, -0.1) is 0 Å². The van der Waals surface area contributed by atoms with Crippen molar-refractivity contribution in [3.05, 3.63) is 82.8 Å². The molecule has 0 bridgehead atoms. The van der Waals surface area contributed by atoms with Crippen LogP contribution in [0.2, 0.25) is 5.02 Å². The van der Waals surface area contributed by atoms with E-state index < -0.39 is 6.03 Å². The Bertz CT molecular complexity index is 2170. The molecule has 2 N–H and O–H groups in total. The molecule has 0 atom stereocenters. The number of hydrogen-bond acceptors (Lipinski definition) is 9. The maximum atomic E-state index is 13.9. The van der Waals surface area contributed by atoms with Crippen LogP contribution in [0.5, 0.6) is 11.5 Å². The van der Waals surface area contributed by atoms with E-state index in [0.717, 1.165) is 62.6 Å². The number of nitrogens with zero attached hydrogens (tertiary/aromatic N) is 6. The molecule has 298 valence electrons. The van der Waals surface area contributed by atoms with Crippen LogP contribution in [0, 0.1) is 11.3 Å². The Morgan fingerprint density at radius 1 is 1.00 bits per heavy atom. The molecule has 3 fully saturated rings. The monoisotopic (exact) mass is 794 g/mol. The number of piperazine rings is 1. The zero-order chi connectivity index (χ0) is 40.1. The minimum atomic E-state index is -0.478. The van der Waals surface area contributed by atoms with Crippen molar-refractivity contribution >= 4 is 51.9 Å². The van der Waals surface area contributed by atoms with Crippen LogP contribution in [-0.4, -0.2) is 101 Å². The summed E-state index contributed by atoms with van der Waals surface area (Å²) in [5.41, 5.74) is 2.76. The summed E-state index contributed by atoms with van der Waals surface area (Å²) in [6, 6.07) is 15.9. The lowest BCUT2D eigenvalue weighted by molar-refractivity contribution is -0.120. The molecule has 1 saturated carbocycles. The van der Waals surface area contributed by atoms with E-state index in [1.54, 1.807) is 47.5 Å². The zero-order valence-electron chi connectivity index (χ0n) is 32.2. The van der Waals surface area contributed by atoms with Crippen LogP contribution in [-0.2, 0) is 4.79 Å². The first-order valence-corrected chi connectivity index (χ1v) is 20.0. The Balaban J connectivity index is 0.834. The predicted molar refractivity (Wildman–Crippen MR) is 215 cm³/mol. The average molecular weight is 795 g/mol. The second-order valence-corrected chi connectivity index (χ2v) is 15.4. The Morgan fingerprint density at radius 2 is 1.77 bits per heavy atom. The van der Waals surface area contributed by atoms with Crippen LogP contribution >= 0.6 is 11.6 Å². The number of carbonyl (C=O) groups is 4. The van der Waals surface area contributed by atoms with E-state index in [9.17, 15) is 19.2 Å². The largest absolute Gasteiger partial charge is 0.492 e. The van der Waals surface area contributed by atoms with Gasteiger partial charge in [-0.25, -0.2) is 9.78 Å². The molecule has 5 amide bonds. The number of rotatable bonds is 12. The summed E-state index contributed by atoms with van der Waals surface area (Å²) in [4.78, 5) is 61.5.